The van der Waals surface area contributed by atoms with Crippen LogP contribution in [0.25, 0.3) is 0 Å². The van der Waals surface area contributed by atoms with E-state index in [9.17, 15) is 24.1 Å². The molecule has 2 aliphatic rings. The lowest BCUT2D eigenvalue weighted by molar-refractivity contribution is -0.149. The molecule has 1 aromatic carbocycles. The molecule has 1 saturated carbocycles. The van der Waals surface area contributed by atoms with Crippen molar-refractivity contribution < 1.29 is 33.0 Å². The Morgan fingerprint density at radius 1 is 1.26 bits per heavy atom. The molecule has 0 amide bonds. The third-order valence-electron chi connectivity index (χ3n) is 6.42. The van der Waals surface area contributed by atoms with E-state index < -0.39 is 54.1 Å². The third-order valence-corrected chi connectivity index (χ3v) is 8.63. The van der Waals surface area contributed by atoms with E-state index in [1.165, 1.54) is 23.9 Å². The summed E-state index contributed by atoms with van der Waals surface area (Å²) in [6.45, 7) is 2.84. The van der Waals surface area contributed by atoms with Crippen LogP contribution in [0, 0.1) is 10.8 Å². The Morgan fingerprint density at radius 2 is 1.94 bits per heavy atom. The summed E-state index contributed by atoms with van der Waals surface area (Å²) in [6, 6.07) is 9.61. The summed E-state index contributed by atoms with van der Waals surface area (Å²) in [4.78, 5) is 38.2. The quantitative estimate of drug-likeness (QED) is 0.384. The van der Waals surface area contributed by atoms with E-state index in [0.717, 1.165) is 0 Å². The summed E-state index contributed by atoms with van der Waals surface area (Å²) in [6.07, 6.45) is -0.498. The number of aromatic amines is 1. The van der Waals surface area contributed by atoms with Gasteiger partial charge in [0.1, 0.15) is 18.1 Å². The molecule has 1 spiro atoms. The fourth-order valence-corrected chi connectivity index (χ4v) is 6.54. The van der Waals surface area contributed by atoms with Crippen LogP contribution in [-0.4, -0.2) is 52.7 Å². The first kappa shape index (κ1) is 25.4. The van der Waals surface area contributed by atoms with Crippen LogP contribution < -0.4 is 15.8 Å². The van der Waals surface area contributed by atoms with Crippen molar-refractivity contribution in [2.75, 3.05) is 19.9 Å². The van der Waals surface area contributed by atoms with Crippen LogP contribution in [0.15, 0.2) is 52.2 Å². The van der Waals surface area contributed by atoms with Gasteiger partial charge in [-0.2, -0.15) is 0 Å². The predicted octanol–water partition coefficient (Wildman–Crippen LogP) is 2.06. The molecule has 12 heteroatoms. The van der Waals surface area contributed by atoms with Gasteiger partial charge in [-0.25, -0.2) is 9.36 Å². The van der Waals surface area contributed by atoms with Gasteiger partial charge >= 0.3 is 19.3 Å². The number of aromatic nitrogens is 2. The van der Waals surface area contributed by atoms with Crippen LogP contribution in [0.2, 0.25) is 0 Å². The monoisotopic (exact) mass is 508 g/mol. The molecule has 2 fully saturated rings. The number of aliphatic hydroxyl groups excluding tert-OH is 1. The molecule has 190 valence electrons. The maximum absolute atomic E-state index is 13.8. The van der Waals surface area contributed by atoms with Crippen molar-refractivity contribution in [1.82, 2.24) is 9.55 Å². The van der Waals surface area contributed by atoms with Gasteiger partial charge in [0.05, 0.1) is 31.4 Å². The first-order valence-electron chi connectivity index (χ1n) is 11.2. The molecule has 0 radical (unpaired) electrons. The highest BCUT2D eigenvalue weighted by Gasteiger charge is 2.64. The summed E-state index contributed by atoms with van der Waals surface area (Å²) in [5.41, 5.74) is -3.09. The van der Waals surface area contributed by atoms with E-state index in [2.05, 4.69) is 4.98 Å². The molecule has 11 nitrogen and oxygen atoms in total. The van der Waals surface area contributed by atoms with Gasteiger partial charge in [0, 0.05) is 17.7 Å². The number of nitrogens with zero attached hydrogens (tertiary/aromatic N) is 1. The predicted molar refractivity (Wildman–Crippen MR) is 124 cm³/mol. The Bertz CT molecular complexity index is 1240. The van der Waals surface area contributed by atoms with Crippen LogP contribution in [-0.2, 0) is 23.4 Å². The minimum atomic E-state index is -3.95. The number of para-hydroxylation sites is 1. The zero-order chi connectivity index (χ0) is 25.4. The highest BCUT2D eigenvalue weighted by atomic mass is 31.2. The van der Waals surface area contributed by atoms with Gasteiger partial charge in [0.2, 0.25) is 0 Å². The highest BCUT2D eigenvalue weighted by Crippen LogP contribution is 2.63. The second kappa shape index (κ2) is 9.39. The SMILES string of the molecule is COC(=O)C(C)(C)CP(=O)(OC[C@H]1O[C@@H](n2ccc(=O)[nH]c2=O)C2(CC2)[C@@H]1O)Oc1ccccc1. The van der Waals surface area contributed by atoms with E-state index in [0.29, 0.717) is 18.6 Å². The van der Waals surface area contributed by atoms with Crippen molar-refractivity contribution in [3.05, 3.63) is 63.4 Å². The number of rotatable bonds is 9. The van der Waals surface area contributed by atoms with Crippen LogP contribution in [0.4, 0.5) is 0 Å². The van der Waals surface area contributed by atoms with Gasteiger partial charge in [-0.1, -0.05) is 18.2 Å². The van der Waals surface area contributed by atoms with Crippen molar-refractivity contribution >= 4 is 13.6 Å². The van der Waals surface area contributed by atoms with Gasteiger partial charge in [0.25, 0.3) is 5.56 Å². The number of H-pyrrole nitrogens is 1. The lowest BCUT2D eigenvalue weighted by atomic mass is 9.96. The Kier molecular flexibility index (Phi) is 6.80. The summed E-state index contributed by atoms with van der Waals surface area (Å²) in [5.74, 6) is -0.287. The Balaban J connectivity index is 1.55. The number of hydrogen-bond acceptors (Lipinski definition) is 9. The molecule has 1 aliphatic heterocycles. The fraction of sp³-hybridized carbons (Fsp3) is 0.522. The summed E-state index contributed by atoms with van der Waals surface area (Å²) >= 11 is 0. The Labute approximate surface area is 201 Å². The van der Waals surface area contributed by atoms with Crippen LogP contribution in [0.3, 0.4) is 0 Å². The zero-order valence-corrected chi connectivity index (χ0v) is 20.6. The molecule has 2 heterocycles. The molecule has 0 bridgehead atoms. The summed E-state index contributed by atoms with van der Waals surface area (Å²) < 4.78 is 37.4. The molecular formula is C23H29N2O9P. The summed E-state index contributed by atoms with van der Waals surface area (Å²) in [5, 5.41) is 11.0. The molecule has 1 aliphatic carbocycles. The minimum Gasteiger partial charge on any atom is -0.469 e. The number of nitrogens with one attached hydrogen (secondary N) is 1. The van der Waals surface area contributed by atoms with Gasteiger partial charge in [-0.3, -0.25) is 23.7 Å². The van der Waals surface area contributed by atoms with E-state index >= 15 is 0 Å². The Morgan fingerprint density at radius 3 is 2.54 bits per heavy atom. The molecule has 2 aromatic rings. The normalized spacial score (nSPS) is 24.6. The number of esters is 1. The van der Waals surface area contributed by atoms with E-state index in [4.69, 9.17) is 18.5 Å². The van der Waals surface area contributed by atoms with Crippen LogP contribution >= 0.6 is 7.60 Å². The number of benzene rings is 1. The van der Waals surface area contributed by atoms with Crippen LogP contribution in [0.5, 0.6) is 5.75 Å². The minimum absolute atomic E-state index is 0.279. The molecule has 1 saturated heterocycles. The number of hydrogen-bond donors (Lipinski definition) is 2. The smallest absolute Gasteiger partial charge is 0.380 e. The number of aliphatic hydroxyl groups is 1. The highest BCUT2D eigenvalue weighted by molar-refractivity contribution is 7.54. The van der Waals surface area contributed by atoms with Gasteiger partial charge in [-0.05, 0) is 38.8 Å². The third kappa shape index (κ3) is 5.13. The van der Waals surface area contributed by atoms with Gasteiger partial charge in [0.15, 0.2) is 0 Å². The number of carbonyl (C=O) groups is 1. The van der Waals surface area contributed by atoms with Gasteiger partial charge in [-0.15, -0.1) is 0 Å². The molecule has 1 aromatic heterocycles. The maximum Gasteiger partial charge on any atom is 0.380 e. The number of carbonyl (C=O) groups excluding carboxylic acids is 1. The van der Waals surface area contributed by atoms with E-state index in [-0.39, 0.29) is 12.8 Å². The molecular weight excluding hydrogens is 479 g/mol. The molecule has 4 rings (SSSR count). The molecule has 4 atom stereocenters. The largest absolute Gasteiger partial charge is 0.469 e. The van der Waals surface area contributed by atoms with Crippen molar-refractivity contribution in [1.29, 1.82) is 0 Å². The first-order valence-corrected chi connectivity index (χ1v) is 12.9. The standard InChI is InChI=1S/C23H29N2O9P/c1-22(2,20(28)31-3)14-35(30,34-15-7-5-4-6-8-15)32-13-16-18(27)23(10-11-23)19(33-16)25-12-9-17(26)24-21(25)29/h4-9,12,16,18-19,27H,10-11,13-14H2,1-3H3,(H,24,26,29)/t16-,18-,19-,35?/m1/s1. The first-order chi connectivity index (χ1) is 16.5. The molecule has 35 heavy (non-hydrogen) atoms. The van der Waals surface area contributed by atoms with Crippen molar-refractivity contribution in [2.45, 2.75) is 45.1 Å². The van der Waals surface area contributed by atoms with Crippen molar-refractivity contribution in [3.8, 4) is 5.75 Å². The lowest BCUT2D eigenvalue weighted by Crippen LogP contribution is -2.35. The number of methoxy groups -OCH3 is 1. The summed E-state index contributed by atoms with van der Waals surface area (Å²) in [7, 11) is -2.71. The molecule has 1 unspecified atom stereocenters. The van der Waals surface area contributed by atoms with Crippen molar-refractivity contribution in [2.24, 2.45) is 10.8 Å². The lowest BCUT2D eigenvalue weighted by Gasteiger charge is -2.28. The average Bonchev–Trinajstić information content (AvgIpc) is 3.56. The maximum atomic E-state index is 13.8. The van der Waals surface area contributed by atoms with Crippen molar-refractivity contribution in [3.63, 3.8) is 0 Å². The fourth-order valence-electron chi connectivity index (χ4n) is 4.42. The Hall–Kier alpha value is -2.72. The zero-order valence-electron chi connectivity index (χ0n) is 19.7. The number of ether oxygens (including phenoxy) is 2. The second-order valence-electron chi connectivity index (χ2n) is 9.57. The van der Waals surface area contributed by atoms with Gasteiger partial charge < -0.3 is 19.1 Å². The average molecular weight is 508 g/mol. The topological polar surface area (TPSA) is 146 Å². The van der Waals surface area contributed by atoms with E-state index in [1.807, 2.05) is 0 Å². The van der Waals surface area contributed by atoms with E-state index in [1.54, 1.807) is 44.2 Å². The molecule has 2 N–H and O–H groups in total. The second-order valence-corrected chi connectivity index (χ2v) is 11.5. The van der Waals surface area contributed by atoms with Crippen LogP contribution in [0.1, 0.15) is 32.9 Å².